The zero-order valence-corrected chi connectivity index (χ0v) is 34.4. The average Bonchev–Trinajstić information content (AvgIpc) is 3.18. The van der Waals surface area contributed by atoms with Crippen LogP contribution in [0.25, 0.3) is 0 Å². The summed E-state index contributed by atoms with van der Waals surface area (Å²) >= 11 is 0. The predicted molar refractivity (Wildman–Crippen MR) is 225 cm³/mol. The van der Waals surface area contributed by atoms with Gasteiger partial charge in [-0.2, -0.15) is 0 Å². The van der Waals surface area contributed by atoms with E-state index >= 15 is 0 Å². The molecule has 1 heterocycles. The number of allylic oxidation sites excluding steroid dienone is 11. The predicted octanol–water partition coefficient (Wildman–Crippen LogP) is 8.61. The van der Waals surface area contributed by atoms with Crippen LogP contribution in [0.1, 0.15) is 155 Å². The molecule has 0 aromatic carbocycles. The van der Waals surface area contributed by atoms with E-state index in [1.54, 1.807) is 6.08 Å². The van der Waals surface area contributed by atoms with E-state index in [1.807, 2.05) is 6.08 Å². The molecule has 0 radical (unpaired) electrons. The number of amides is 1. The second-order valence-electron chi connectivity index (χ2n) is 14.7. The van der Waals surface area contributed by atoms with Crippen molar-refractivity contribution in [1.82, 2.24) is 5.32 Å². The van der Waals surface area contributed by atoms with Crippen LogP contribution >= 0.6 is 0 Å². The molecule has 0 aliphatic carbocycles. The third-order valence-corrected chi connectivity index (χ3v) is 9.74. The van der Waals surface area contributed by atoms with Gasteiger partial charge in [-0.15, -0.1) is 0 Å². The minimum absolute atomic E-state index is 0.222. The molecular formula is C46H79NO8. The van der Waals surface area contributed by atoms with E-state index in [4.69, 9.17) is 9.47 Å². The Balaban J connectivity index is 2.45. The maximum atomic E-state index is 12.9. The van der Waals surface area contributed by atoms with Gasteiger partial charge < -0.3 is 40.3 Å². The Labute approximate surface area is 334 Å². The van der Waals surface area contributed by atoms with Crippen LogP contribution in [0.5, 0.6) is 0 Å². The number of rotatable bonds is 34. The van der Waals surface area contributed by atoms with Gasteiger partial charge in [0.25, 0.3) is 0 Å². The van der Waals surface area contributed by atoms with Crippen LogP contribution in [-0.2, 0) is 14.3 Å². The van der Waals surface area contributed by atoms with E-state index in [9.17, 15) is 30.3 Å². The second-order valence-corrected chi connectivity index (χ2v) is 14.7. The minimum atomic E-state index is -1.58. The van der Waals surface area contributed by atoms with Gasteiger partial charge in [0, 0.05) is 6.42 Å². The highest BCUT2D eigenvalue weighted by Crippen LogP contribution is 2.22. The van der Waals surface area contributed by atoms with E-state index in [0.717, 1.165) is 70.6 Å². The van der Waals surface area contributed by atoms with Crippen LogP contribution in [0.15, 0.2) is 72.9 Å². The molecule has 1 amide bonds. The Morgan fingerprint density at radius 3 is 1.75 bits per heavy atom. The summed E-state index contributed by atoms with van der Waals surface area (Å²) in [4.78, 5) is 12.9. The van der Waals surface area contributed by atoms with Gasteiger partial charge in [0.05, 0.1) is 25.4 Å². The molecule has 55 heavy (non-hydrogen) atoms. The van der Waals surface area contributed by atoms with E-state index in [0.29, 0.717) is 12.8 Å². The number of carbonyl (C=O) groups excluding carboxylic acids is 1. The molecule has 1 saturated heterocycles. The highest BCUT2D eigenvalue weighted by Gasteiger charge is 2.44. The number of aliphatic hydroxyl groups excluding tert-OH is 5. The molecule has 0 bridgehead atoms. The van der Waals surface area contributed by atoms with E-state index in [1.165, 1.54) is 57.8 Å². The highest BCUT2D eigenvalue weighted by atomic mass is 16.7. The number of hydrogen-bond donors (Lipinski definition) is 6. The quantitative estimate of drug-likeness (QED) is 0.0281. The van der Waals surface area contributed by atoms with Gasteiger partial charge in [-0.1, -0.05) is 145 Å². The summed E-state index contributed by atoms with van der Waals surface area (Å²) in [6.07, 6.45) is 40.9. The SMILES string of the molecule is CC/C=C\C/C=C\C/C=C\CCCCCC(=O)NC(COC1OC(CO)C(O)C(O)C1O)C(O)/C=C/CC/C=C/CC/C=C/CCCCCCCCCCC. The number of unbranched alkanes of at least 4 members (excludes halogenated alkanes) is 14. The second kappa shape index (κ2) is 36.0. The molecule has 7 atom stereocenters. The van der Waals surface area contributed by atoms with Gasteiger partial charge in [0.15, 0.2) is 6.29 Å². The van der Waals surface area contributed by atoms with Crippen LogP contribution in [0.4, 0.5) is 0 Å². The molecule has 6 N–H and O–H groups in total. The molecule has 1 aliphatic heterocycles. The Hall–Kier alpha value is -2.37. The van der Waals surface area contributed by atoms with Crippen molar-refractivity contribution < 1.29 is 39.8 Å². The maximum absolute atomic E-state index is 12.9. The number of aliphatic hydroxyl groups is 5. The van der Waals surface area contributed by atoms with Crippen LogP contribution in [-0.4, -0.2) is 87.5 Å². The lowest BCUT2D eigenvalue weighted by atomic mass is 9.99. The van der Waals surface area contributed by atoms with Gasteiger partial charge in [0.1, 0.15) is 24.4 Å². The highest BCUT2D eigenvalue weighted by molar-refractivity contribution is 5.76. The van der Waals surface area contributed by atoms with E-state index in [-0.39, 0.29) is 12.5 Å². The standard InChI is InChI=1S/C46H79NO8/c1-3-5-7-9-11-13-15-17-18-19-20-21-22-24-25-27-29-31-33-35-40(49)39(38-54-46-45(53)44(52)43(51)41(37-48)55-46)47-42(50)36-34-32-30-28-26-23-16-14-12-10-8-6-4-2/h6,8,12,14,20-21,23,25-27,33,35,39-41,43-46,48-49,51-53H,3-5,7,9-11,13,15-19,22,24,28-32,34,36-38H2,1-2H3,(H,47,50)/b8-6-,14-12-,21-20+,26-23-,27-25+,35-33+. The smallest absolute Gasteiger partial charge is 0.220 e. The molecule has 1 aliphatic rings. The Morgan fingerprint density at radius 2 is 1.15 bits per heavy atom. The van der Waals surface area contributed by atoms with Gasteiger partial charge in [-0.05, 0) is 77.0 Å². The summed E-state index contributed by atoms with van der Waals surface area (Å²) in [7, 11) is 0. The summed E-state index contributed by atoms with van der Waals surface area (Å²) in [5.74, 6) is -0.224. The number of ether oxygens (including phenoxy) is 2. The first-order valence-corrected chi connectivity index (χ1v) is 21.7. The lowest BCUT2D eigenvalue weighted by Gasteiger charge is -2.40. The zero-order valence-electron chi connectivity index (χ0n) is 34.4. The van der Waals surface area contributed by atoms with Gasteiger partial charge in [-0.25, -0.2) is 0 Å². The molecule has 1 fully saturated rings. The molecule has 0 aromatic heterocycles. The summed E-state index contributed by atoms with van der Waals surface area (Å²) in [5.41, 5.74) is 0. The van der Waals surface area contributed by atoms with Crippen molar-refractivity contribution in [2.45, 2.75) is 198 Å². The van der Waals surface area contributed by atoms with Gasteiger partial charge in [0.2, 0.25) is 5.91 Å². The molecule has 7 unspecified atom stereocenters. The molecule has 9 nitrogen and oxygen atoms in total. The van der Waals surface area contributed by atoms with Crippen molar-refractivity contribution in [3.8, 4) is 0 Å². The fraction of sp³-hybridized carbons (Fsp3) is 0.717. The first-order chi connectivity index (χ1) is 26.8. The van der Waals surface area contributed by atoms with E-state index in [2.05, 4.69) is 79.9 Å². The van der Waals surface area contributed by atoms with Gasteiger partial charge in [-0.3, -0.25) is 4.79 Å². The Bertz CT molecular complexity index is 1080. The Kier molecular flexibility index (Phi) is 33.2. The van der Waals surface area contributed by atoms with Crippen molar-refractivity contribution >= 4 is 5.91 Å². The number of nitrogens with one attached hydrogen (secondary N) is 1. The van der Waals surface area contributed by atoms with Crippen molar-refractivity contribution in [2.24, 2.45) is 0 Å². The molecule has 316 valence electrons. The fourth-order valence-corrected chi connectivity index (χ4v) is 6.26. The maximum Gasteiger partial charge on any atom is 0.220 e. The van der Waals surface area contributed by atoms with Crippen LogP contribution < -0.4 is 5.32 Å². The lowest BCUT2D eigenvalue weighted by molar-refractivity contribution is -0.302. The fourth-order valence-electron chi connectivity index (χ4n) is 6.26. The summed E-state index contributed by atoms with van der Waals surface area (Å²) in [6, 6.07) is -0.845. The first kappa shape index (κ1) is 50.6. The molecule has 9 heteroatoms. The molecule has 0 aromatic rings. The lowest BCUT2D eigenvalue weighted by Crippen LogP contribution is -2.60. The van der Waals surface area contributed by atoms with Gasteiger partial charge >= 0.3 is 0 Å². The average molecular weight is 774 g/mol. The molecule has 0 saturated carbocycles. The molecule has 1 rings (SSSR count). The number of carbonyl (C=O) groups is 1. The molecule has 0 spiro atoms. The first-order valence-electron chi connectivity index (χ1n) is 21.7. The topological polar surface area (TPSA) is 149 Å². The van der Waals surface area contributed by atoms with Crippen molar-refractivity contribution in [3.63, 3.8) is 0 Å². The number of hydrogen-bond acceptors (Lipinski definition) is 8. The van der Waals surface area contributed by atoms with Crippen LogP contribution in [0, 0.1) is 0 Å². The summed E-state index contributed by atoms with van der Waals surface area (Å²) in [6.45, 7) is 3.59. The summed E-state index contributed by atoms with van der Waals surface area (Å²) < 4.78 is 11.2. The molecular weight excluding hydrogens is 695 g/mol. The van der Waals surface area contributed by atoms with Crippen LogP contribution in [0.2, 0.25) is 0 Å². The third-order valence-electron chi connectivity index (χ3n) is 9.74. The third kappa shape index (κ3) is 27.0. The summed E-state index contributed by atoms with van der Waals surface area (Å²) in [5, 5.41) is 54.0. The minimum Gasteiger partial charge on any atom is -0.394 e. The Morgan fingerprint density at radius 1 is 0.636 bits per heavy atom. The van der Waals surface area contributed by atoms with Crippen LogP contribution in [0.3, 0.4) is 0 Å². The zero-order chi connectivity index (χ0) is 40.2. The largest absolute Gasteiger partial charge is 0.394 e. The monoisotopic (exact) mass is 774 g/mol. The van der Waals surface area contributed by atoms with Crippen molar-refractivity contribution in [1.29, 1.82) is 0 Å². The van der Waals surface area contributed by atoms with Crippen molar-refractivity contribution in [3.05, 3.63) is 72.9 Å². The van der Waals surface area contributed by atoms with E-state index < -0.39 is 49.5 Å². The normalized spacial score (nSPS) is 22.1. The van der Waals surface area contributed by atoms with Crippen molar-refractivity contribution in [2.75, 3.05) is 13.2 Å².